The van der Waals surface area contributed by atoms with E-state index in [2.05, 4.69) is 10.6 Å². The summed E-state index contributed by atoms with van der Waals surface area (Å²) in [7, 11) is 3.01. The average molecular weight is 305 g/mol. The van der Waals surface area contributed by atoms with Crippen molar-refractivity contribution >= 4 is 17.6 Å². The molecule has 22 heavy (non-hydrogen) atoms. The predicted octanol–water partition coefficient (Wildman–Crippen LogP) is 2.44. The molecule has 2 rings (SSSR count). The molecule has 0 unspecified atom stereocenters. The Hall–Kier alpha value is -2.83. The maximum absolute atomic E-state index is 13.6. The number of carbonyl (C=O) groups excluding carboxylic acids is 2. The molecule has 3 amide bonds. The average Bonchev–Trinajstić information content (AvgIpc) is 3.01. The summed E-state index contributed by atoms with van der Waals surface area (Å²) >= 11 is 0. The fourth-order valence-electron chi connectivity index (χ4n) is 1.84. The van der Waals surface area contributed by atoms with Crippen LogP contribution >= 0.6 is 0 Å². The second-order valence-electron chi connectivity index (χ2n) is 4.64. The molecule has 0 spiro atoms. The number of nitrogens with zero attached hydrogens (tertiary/aromatic N) is 1. The van der Waals surface area contributed by atoms with Gasteiger partial charge in [0.1, 0.15) is 11.6 Å². The molecule has 1 aromatic heterocycles. The summed E-state index contributed by atoms with van der Waals surface area (Å²) in [6, 6.07) is 6.90. The van der Waals surface area contributed by atoms with Crippen LogP contribution in [0.3, 0.4) is 0 Å². The van der Waals surface area contributed by atoms with Gasteiger partial charge in [0, 0.05) is 19.8 Å². The summed E-state index contributed by atoms with van der Waals surface area (Å²) in [5.41, 5.74) is 0.199. The first-order chi connectivity index (χ1) is 10.5. The molecule has 0 saturated carbocycles. The second kappa shape index (κ2) is 6.75. The summed E-state index contributed by atoms with van der Waals surface area (Å²) in [5.74, 6) is -0.568. The molecule has 1 heterocycles. The number of furan rings is 1. The van der Waals surface area contributed by atoms with Gasteiger partial charge in [-0.2, -0.15) is 0 Å². The second-order valence-corrected chi connectivity index (χ2v) is 4.64. The molecule has 116 valence electrons. The Morgan fingerprint density at radius 1 is 1.32 bits per heavy atom. The third-order valence-electron chi connectivity index (χ3n) is 3.01. The monoisotopic (exact) mass is 305 g/mol. The van der Waals surface area contributed by atoms with E-state index in [1.54, 1.807) is 19.2 Å². The summed E-state index contributed by atoms with van der Waals surface area (Å²) in [4.78, 5) is 25.0. The number of benzene rings is 1. The number of rotatable bonds is 4. The van der Waals surface area contributed by atoms with Crippen molar-refractivity contribution in [3.63, 3.8) is 0 Å². The van der Waals surface area contributed by atoms with Gasteiger partial charge in [-0.1, -0.05) is 0 Å². The molecule has 7 heteroatoms. The fraction of sp³-hybridized carbons (Fsp3) is 0.200. The number of nitrogens with one attached hydrogen (secondary N) is 2. The first-order valence-electron chi connectivity index (χ1n) is 6.57. The van der Waals surface area contributed by atoms with Crippen LogP contribution in [0.4, 0.5) is 14.9 Å². The van der Waals surface area contributed by atoms with Crippen molar-refractivity contribution < 1.29 is 18.4 Å². The van der Waals surface area contributed by atoms with Crippen molar-refractivity contribution in [2.75, 3.05) is 19.4 Å². The van der Waals surface area contributed by atoms with E-state index in [1.807, 2.05) is 0 Å². The van der Waals surface area contributed by atoms with Crippen LogP contribution in [0.5, 0.6) is 0 Å². The zero-order valence-electron chi connectivity index (χ0n) is 12.2. The highest BCUT2D eigenvalue weighted by atomic mass is 19.1. The molecule has 0 bridgehead atoms. The highest BCUT2D eigenvalue weighted by Gasteiger charge is 2.14. The van der Waals surface area contributed by atoms with Crippen LogP contribution in [0.1, 0.15) is 16.1 Å². The van der Waals surface area contributed by atoms with Crippen molar-refractivity contribution in [2.45, 2.75) is 6.54 Å². The van der Waals surface area contributed by atoms with E-state index >= 15 is 0 Å². The number of urea groups is 1. The summed E-state index contributed by atoms with van der Waals surface area (Å²) in [5, 5.41) is 4.94. The molecule has 0 saturated heterocycles. The number of carbonyl (C=O) groups is 2. The maximum atomic E-state index is 13.6. The molecule has 0 radical (unpaired) electrons. The van der Waals surface area contributed by atoms with Gasteiger partial charge >= 0.3 is 6.03 Å². The maximum Gasteiger partial charge on any atom is 0.321 e. The van der Waals surface area contributed by atoms with Gasteiger partial charge < -0.3 is 20.0 Å². The summed E-state index contributed by atoms with van der Waals surface area (Å²) in [6.07, 6.45) is 1.52. The van der Waals surface area contributed by atoms with E-state index < -0.39 is 17.8 Å². The van der Waals surface area contributed by atoms with E-state index in [0.717, 1.165) is 6.07 Å². The number of hydrogen-bond donors (Lipinski definition) is 2. The lowest BCUT2D eigenvalue weighted by Crippen LogP contribution is -2.30. The van der Waals surface area contributed by atoms with Crippen LogP contribution in [0, 0.1) is 5.82 Å². The Kier molecular flexibility index (Phi) is 4.77. The highest BCUT2D eigenvalue weighted by molar-refractivity contribution is 5.96. The van der Waals surface area contributed by atoms with Crippen LogP contribution in [0.2, 0.25) is 0 Å². The molecule has 0 atom stereocenters. The minimum atomic E-state index is -0.652. The van der Waals surface area contributed by atoms with Gasteiger partial charge in [0.15, 0.2) is 0 Å². The predicted molar refractivity (Wildman–Crippen MR) is 79.0 cm³/mol. The van der Waals surface area contributed by atoms with Crippen molar-refractivity contribution in [3.05, 3.63) is 53.7 Å². The van der Waals surface area contributed by atoms with Crippen LogP contribution in [-0.4, -0.2) is 30.9 Å². The molecule has 0 fully saturated rings. The molecule has 0 aliphatic rings. The van der Waals surface area contributed by atoms with Gasteiger partial charge in [0.2, 0.25) is 0 Å². The molecule has 0 aliphatic carbocycles. The number of halogens is 1. The zero-order chi connectivity index (χ0) is 16.1. The molecular formula is C15H16FN3O3. The van der Waals surface area contributed by atoms with Gasteiger partial charge in [-0.15, -0.1) is 0 Å². The number of anilines is 1. The lowest BCUT2D eigenvalue weighted by molar-refractivity contribution is 0.0959. The summed E-state index contributed by atoms with van der Waals surface area (Å²) in [6.45, 7) is 0.294. The van der Waals surface area contributed by atoms with Gasteiger partial charge in [-0.05, 0) is 30.3 Å². The first-order valence-corrected chi connectivity index (χ1v) is 6.57. The van der Waals surface area contributed by atoms with Gasteiger partial charge in [-0.3, -0.25) is 4.79 Å². The van der Waals surface area contributed by atoms with Crippen LogP contribution < -0.4 is 10.6 Å². The van der Waals surface area contributed by atoms with E-state index in [4.69, 9.17) is 4.42 Å². The minimum absolute atomic E-state index is 0.131. The Morgan fingerprint density at radius 2 is 2.09 bits per heavy atom. The molecule has 2 N–H and O–H groups in total. The standard InChI is InChI=1S/C15H16FN3O3/c1-17-14(20)12-8-10(5-6-13(12)16)18-15(21)19(2)9-11-4-3-7-22-11/h3-8H,9H2,1-2H3,(H,17,20)(H,18,21). The third-order valence-corrected chi connectivity index (χ3v) is 3.01. The lowest BCUT2D eigenvalue weighted by atomic mass is 10.1. The van der Waals surface area contributed by atoms with E-state index in [1.165, 1.54) is 30.3 Å². The van der Waals surface area contributed by atoms with Crippen LogP contribution in [0.15, 0.2) is 41.0 Å². The van der Waals surface area contributed by atoms with Crippen LogP contribution in [-0.2, 0) is 6.54 Å². The smallest absolute Gasteiger partial charge is 0.321 e. The van der Waals surface area contributed by atoms with E-state index in [-0.39, 0.29) is 5.56 Å². The van der Waals surface area contributed by atoms with E-state index in [9.17, 15) is 14.0 Å². The normalized spacial score (nSPS) is 10.1. The summed E-state index contributed by atoms with van der Waals surface area (Å²) < 4.78 is 18.7. The van der Waals surface area contributed by atoms with Crippen molar-refractivity contribution in [2.24, 2.45) is 0 Å². The van der Waals surface area contributed by atoms with Gasteiger partial charge in [0.25, 0.3) is 5.91 Å². The zero-order valence-corrected chi connectivity index (χ0v) is 12.2. The lowest BCUT2D eigenvalue weighted by Gasteiger charge is -2.17. The Labute approximate surface area is 126 Å². The van der Waals surface area contributed by atoms with Crippen LogP contribution in [0.25, 0.3) is 0 Å². The largest absolute Gasteiger partial charge is 0.467 e. The fourth-order valence-corrected chi connectivity index (χ4v) is 1.84. The third kappa shape index (κ3) is 3.63. The van der Waals surface area contributed by atoms with Crippen molar-refractivity contribution in [3.8, 4) is 0 Å². The quantitative estimate of drug-likeness (QED) is 0.911. The van der Waals surface area contributed by atoms with Crippen molar-refractivity contribution in [1.29, 1.82) is 0 Å². The minimum Gasteiger partial charge on any atom is -0.467 e. The molecule has 0 aliphatic heterocycles. The Morgan fingerprint density at radius 3 is 2.73 bits per heavy atom. The molecule has 2 aromatic rings. The topological polar surface area (TPSA) is 74.6 Å². The first kappa shape index (κ1) is 15.6. The molecular weight excluding hydrogens is 289 g/mol. The van der Waals surface area contributed by atoms with Gasteiger partial charge in [-0.25, -0.2) is 9.18 Å². The Balaban J connectivity index is 2.06. The van der Waals surface area contributed by atoms with E-state index in [0.29, 0.717) is 18.0 Å². The van der Waals surface area contributed by atoms with Gasteiger partial charge in [0.05, 0.1) is 18.4 Å². The van der Waals surface area contributed by atoms with Crippen molar-refractivity contribution in [1.82, 2.24) is 10.2 Å². The Bertz CT molecular complexity index is 671. The number of hydrogen-bond acceptors (Lipinski definition) is 3. The highest BCUT2D eigenvalue weighted by Crippen LogP contribution is 2.15. The molecule has 1 aromatic carbocycles. The molecule has 6 nitrogen and oxygen atoms in total. The SMILES string of the molecule is CNC(=O)c1cc(NC(=O)N(C)Cc2ccco2)ccc1F. The number of amides is 3.